The van der Waals surface area contributed by atoms with Crippen molar-refractivity contribution in [3.63, 3.8) is 0 Å². The van der Waals surface area contributed by atoms with E-state index in [1.807, 2.05) is 30.1 Å². The summed E-state index contributed by atoms with van der Waals surface area (Å²) in [7, 11) is 1.93. The molecule has 2 aromatic rings. The van der Waals surface area contributed by atoms with Gasteiger partial charge in [-0.1, -0.05) is 60.7 Å². The number of hydrogen-bond donors (Lipinski definition) is 0. The maximum absolute atomic E-state index is 12.9. The van der Waals surface area contributed by atoms with Crippen molar-refractivity contribution in [2.45, 2.75) is 31.5 Å². The summed E-state index contributed by atoms with van der Waals surface area (Å²) in [4.78, 5) is 23.6. The summed E-state index contributed by atoms with van der Waals surface area (Å²) in [6, 6.07) is 21.2. The average Bonchev–Trinajstić information content (AvgIpc) is 3.25. The first kappa shape index (κ1) is 18.7. The third kappa shape index (κ3) is 4.25. The number of carbonyl (C=O) groups is 1. The summed E-state index contributed by atoms with van der Waals surface area (Å²) in [6.45, 7) is 3.67. The van der Waals surface area contributed by atoms with E-state index in [1.54, 1.807) is 11.2 Å². The quantitative estimate of drug-likeness (QED) is 0.814. The van der Waals surface area contributed by atoms with E-state index in [0.717, 1.165) is 38.0 Å². The minimum absolute atomic E-state index is 0.0475. The zero-order valence-corrected chi connectivity index (χ0v) is 16.4. The number of piperidine rings is 1. The van der Waals surface area contributed by atoms with Crippen molar-refractivity contribution < 1.29 is 4.79 Å². The first-order valence-corrected chi connectivity index (χ1v) is 10.1. The first-order chi connectivity index (χ1) is 13.7. The molecule has 2 aliphatic heterocycles. The van der Waals surface area contributed by atoms with Gasteiger partial charge < -0.3 is 4.90 Å². The fraction of sp³-hybridized carbons (Fsp3) is 0.391. The molecule has 2 aliphatic rings. The van der Waals surface area contributed by atoms with Crippen LogP contribution in [0, 0.1) is 0 Å². The van der Waals surface area contributed by atoms with Crippen LogP contribution in [0.3, 0.4) is 0 Å². The lowest BCUT2D eigenvalue weighted by Crippen LogP contribution is -2.49. The maximum Gasteiger partial charge on any atom is 0.325 e. The lowest BCUT2D eigenvalue weighted by Gasteiger charge is -2.37. The smallest absolute Gasteiger partial charge is 0.324 e. The predicted molar refractivity (Wildman–Crippen MR) is 112 cm³/mol. The molecule has 1 fully saturated rings. The zero-order chi connectivity index (χ0) is 19.3. The molecule has 0 saturated carbocycles. The highest BCUT2D eigenvalue weighted by molar-refractivity contribution is 5.87. The molecule has 2 aromatic carbocycles. The SMILES string of the molecule is CN(C(=O)N1C=NC(c2ccccc2)C1)C1CCN(Cc2ccccc2)CC1. The Balaban J connectivity index is 1.28. The molecule has 0 N–H and O–H groups in total. The molecular weight excluding hydrogens is 348 g/mol. The van der Waals surface area contributed by atoms with Gasteiger partial charge in [-0.15, -0.1) is 0 Å². The molecule has 1 atom stereocenters. The van der Waals surface area contributed by atoms with E-state index < -0.39 is 0 Å². The molecule has 2 heterocycles. The predicted octanol–water partition coefficient (Wildman–Crippen LogP) is 3.79. The van der Waals surface area contributed by atoms with Crippen LogP contribution in [0.2, 0.25) is 0 Å². The van der Waals surface area contributed by atoms with Crippen molar-refractivity contribution >= 4 is 12.4 Å². The van der Waals surface area contributed by atoms with Gasteiger partial charge in [0, 0.05) is 32.7 Å². The molecule has 5 nitrogen and oxygen atoms in total. The maximum atomic E-state index is 12.9. The normalized spacial score (nSPS) is 20.5. The molecule has 0 aliphatic carbocycles. The number of benzene rings is 2. The standard InChI is InChI=1S/C23H28N4O/c1-25(21-12-14-26(15-13-21)16-19-8-4-2-5-9-19)23(28)27-17-22(24-18-27)20-10-6-3-7-11-20/h2-11,18,21-22H,12-17H2,1H3. The number of rotatable bonds is 4. The van der Waals surface area contributed by atoms with Crippen LogP contribution in [-0.2, 0) is 6.54 Å². The Labute approximate surface area is 167 Å². The lowest BCUT2D eigenvalue weighted by atomic mass is 10.0. The van der Waals surface area contributed by atoms with Crippen LogP contribution in [-0.4, -0.2) is 59.8 Å². The van der Waals surface area contributed by atoms with Crippen LogP contribution in [0.15, 0.2) is 65.7 Å². The highest BCUT2D eigenvalue weighted by Crippen LogP contribution is 2.24. The molecule has 1 unspecified atom stereocenters. The van der Waals surface area contributed by atoms with Gasteiger partial charge >= 0.3 is 6.03 Å². The molecule has 0 aromatic heterocycles. The van der Waals surface area contributed by atoms with Gasteiger partial charge in [-0.05, 0) is 24.0 Å². The van der Waals surface area contributed by atoms with Gasteiger partial charge in [0.2, 0.25) is 0 Å². The fourth-order valence-corrected chi connectivity index (χ4v) is 4.10. The summed E-state index contributed by atoms with van der Waals surface area (Å²) in [5.74, 6) is 0. The number of urea groups is 1. The molecule has 0 bridgehead atoms. The van der Waals surface area contributed by atoms with Crippen LogP contribution in [0.4, 0.5) is 4.79 Å². The molecule has 5 heteroatoms. The average molecular weight is 377 g/mol. The van der Waals surface area contributed by atoms with E-state index >= 15 is 0 Å². The molecule has 146 valence electrons. The van der Waals surface area contributed by atoms with E-state index in [1.165, 1.54) is 5.56 Å². The minimum Gasteiger partial charge on any atom is -0.324 e. The van der Waals surface area contributed by atoms with Gasteiger partial charge in [-0.25, -0.2) is 4.79 Å². The Kier molecular flexibility index (Phi) is 5.72. The molecule has 0 spiro atoms. The van der Waals surface area contributed by atoms with Gasteiger partial charge in [-0.3, -0.25) is 14.8 Å². The summed E-state index contributed by atoms with van der Waals surface area (Å²) in [6.07, 6.45) is 3.74. The van der Waals surface area contributed by atoms with E-state index in [4.69, 9.17) is 0 Å². The van der Waals surface area contributed by atoms with Gasteiger partial charge in [0.05, 0.1) is 18.9 Å². The molecular formula is C23H28N4O. The molecule has 28 heavy (non-hydrogen) atoms. The Morgan fingerprint density at radius 1 is 1.04 bits per heavy atom. The third-order valence-corrected chi connectivity index (χ3v) is 5.84. The van der Waals surface area contributed by atoms with Gasteiger partial charge in [0.1, 0.15) is 0 Å². The lowest BCUT2D eigenvalue weighted by molar-refractivity contribution is 0.121. The summed E-state index contributed by atoms with van der Waals surface area (Å²) in [5.41, 5.74) is 2.51. The Bertz CT molecular complexity index is 800. The van der Waals surface area contributed by atoms with Crippen LogP contribution < -0.4 is 0 Å². The van der Waals surface area contributed by atoms with Gasteiger partial charge in [-0.2, -0.15) is 0 Å². The zero-order valence-electron chi connectivity index (χ0n) is 16.4. The van der Waals surface area contributed by atoms with Crippen molar-refractivity contribution in [3.05, 3.63) is 71.8 Å². The van der Waals surface area contributed by atoms with Crippen molar-refractivity contribution in [2.24, 2.45) is 4.99 Å². The Morgan fingerprint density at radius 2 is 1.68 bits per heavy atom. The third-order valence-electron chi connectivity index (χ3n) is 5.84. The summed E-state index contributed by atoms with van der Waals surface area (Å²) in [5, 5.41) is 0. The van der Waals surface area contributed by atoms with Crippen molar-refractivity contribution in [2.75, 3.05) is 26.7 Å². The number of likely N-dealkylation sites (tertiary alicyclic amines) is 1. The highest BCUT2D eigenvalue weighted by atomic mass is 16.2. The van der Waals surface area contributed by atoms with E-state index in [0.29, 0.717) is 12.6 Å². The number of amides is 2. The second kappa shape index (κ2) is 8.57. The highest BCUT2D eigenvalue weighted by Gasteiger charge is 2.31. The fourth-order valence-electron chi connectivity index (χ4n) is 4.10. The number of carbonyl (C=O) groups excluding carboxylic acids is 1. The number of nitrogens with zero attached hydrogens (tertiary/aromatic N) is 4. The largest absolute Gasteiger partial charge is 0.325 e. The van der Waals surface area contributed by atoms with E-state index in [2.05, 4.69) is 52.4 Å². The molecule has 0 radical (unpaired) electrons. The van der Waals surface area contributed by atoms with Crippen LogP contribution >= 0.6 is 0 Å². The Hall–Kier alpha value is -2.66. The van der Waals surface area contributed by atoms with Gasteiger partial charge in [0.15, 0.2) is 0 Å². The van der Waals surface area contributed by atoms with Crippen molar-refractivity contribution in [1.29, 1.82) is 0 Å². The minimum atomic E-state index is 0.0475. The van der Waals surface area contributed by atoms with Crippen LogP contribution in [0.25, 0.3) is 0 Å². The number of aliphatic imine (C=N–C) groups is 1. The van der Waals surface area contributed by atoms with Crippen LogP contribution in [0.1, 0.15) is 30.0 Å². The van der Waals surface area contributed by atoms with Crippen molar-refractivity contribution in [3.8, 4) is 0 Å². The second-order valence-corrected chi connectivity index (χ2v) is 7.73. The second-order valence-electron chi connectivity index (χ2n) is 7.73. The Morgan fingerprint density at radius 3 is 2.36 bits per heavy atom. The van der Waals surface area contributed by atoms with E-state index in [9.17, 15) is 4.79 Å². The van der Waals surface area contributed by atoms with Crippen LogP contribution in [0.5, 0.6) is 0 Å². The molecule has 4 rings (SSSR count). The molecule has 1 saturated heterocycles. The monoisotopic (exact) mass is 376 g/mol. The van der Waals surface area contributed by atoms with E-state index in [-0.39, 0.29) is 12.1 Å². The summed E-state index contributed by atoms with van der Waals surface area (Å²) >= 11 is 0. The van der Waals surface area contributed by atoms with Gasteiger partial charge in [0.25, 0.3) is 0 Å². The first-order valence-electron chi connectivity index (χ1n) is 10.1. The number of hydrogen-bond acceptors (Lipinski definition) is 3. The van der Waals surface area contributed by atoms with Crippen molar-refractivity contribution in [1.82, 2.24) is 14.7 Å². The topological polar surface area (TPSA) is 39.2 Å². The summed E-state index contributed by atoms with van der Waals surface area (Å²) < 4.78 is 0. The molecule has 2 amide bonds.